The minimum atomic E-state index is -1.09. The number of nitrogens with zero attached hydrogens (tertiary/aromatic N) is 1. The maximum Gasteiger partial charge on any atom is 0.319 e. The summed E-state index contributed by atoms with van der Waals surface area (Å²) in [7, 11) is 0. The second kappa shape index (κ2) is 13.2. The predicted molar refractivity (Wildman–Crippen MR) is 140 cm³/mol. The van der Waals surface area contributed by atoms with Gasteiger partial charge in [-0.25, -0.2) is 9.59 Å². The van der Waals surface area contributed by atoms with Crippen molar-refractivity contribution in [1.29, 1.82) is 0 Å². The van der Waals surface area contributed by atoms with E-state index in [1.807, 2.05) is 0 Å². The number of imide groups is 1. The summed E-state index contributed by atoms with van der Waals surface area (Å²) < 4.78 is 0. The summed E-state index contributed by atoms with van der Waals surface area (Å²) in [6.45, 7) is -0.245. The smallest absolute Gasteiger partial charge is 0.319 e. The molecule has 7 amide bonds. The van der Waals surface area contributed by atoms with Gasteiger partial charge >= 0.3 is 18.0 Å². The molecule has 14 heteroatoms. The van der Waals surface area contributed by atoms with Gasteiger partial charge in [-0.1, -0.05) is 12.1 Å². The molecular weight excluding hydrogens is 510 g/mol. The summed E-state index contributed by atoms with van der Waals surface area (Å²) in [6.07, 6.45) is 1.83. The molecule has 0 saturated heterocycles. The quantitative estimate of drug-likeness (QED) is 0.123. The number of nitrogens with one attached hydrogen (secondary N) is 5. The molecular formula is C25H27N7O7. The topological polar surface area (TPSA) is 212 Å². The van der Waals surface area contributed by atoms with Crippen molar-refractivity contribution in [2.75, 3.05) is 36.0 Å². The lowest BCUT2D eigenvalue weighted by Gasteiger charge is -2.18. The van der Waals surface area contributed by atoms with Crippen LogP contribution in [0.3, 0.4) is 0 Å². The Morgan fingerprint density at radius 1 is 0.846 bits per heavy atom. The van der Waals surface area contributed by atoms with Crippen LogP contribution in [0.5, 0.6) is 0 Å². The maximum absolute atomic E-state index is 12.5. The highest BCUT2D eigenvalue weighted by atomic mass is 16.4. The van der Waals surface area contributed by atoms with Crippen molar-refractivity contribution in [3.63, 3.8) is 0 Å². The number of hydrogen-bond donors (Lipinski definition) is 7. The molecule has 39 heavy (non-hydrogen) atoms. The number of anilines is 3. The standard InChI is InChI=1S/C25H27N7O7/c26-16-3-1-2-15(12-16)19(13-23(36)37)31-25(39)30-18-6-4-17(5-7-18)29-24(38)28-11-10-27-20(33)14-32-21(34)8-9-22(32)35/h1-9,12,19H,10-11,13-14,26H2,(H,27,33)(H,36,37)(H2,28,29,38)(H2,30,31,39). The fraction of sp³-hybridized carbons (Fsp3) is 0.200. The van der Waals surface area contributed by atoms with Gasteiger partial charge in [-0.2, -0.15) is 0 Å². The van der Waals surface area contributed by atoms with Gasteiger partial charge in [0.15, 0.2) is 0 Å². The average molecular weight is 538 g/mol. The van der Waals surface area contributed by atoms with Gasteiger partial charge in [-0.15, -0.1) is 0 Å². The Labute approximate surface area is 222 Å². The molecule has 0 aromatic heterocycles. The number of amides is 7. The molecule has 1 heterocycles. The first-order valence-corrected chi connectivity index (χ1v) is 11.7. The zero-order valence-electron chi connectivity index (χ0n) is 20.6. The van der Waals surface area contributed by atoms with Crippen LogP contribution in [-0.4, -0.2) is 65.4 Å². The Morgan fingerprint density at radius 2 is 1.44 bits per heavy atom. The highest BCUT2D eigenvalue weighted by molar-refractivity contribution is 6.14. The molecule has 14 nitrogen and oxygen atoms in total. The largest absolute Gasteiger partial charge is 0.481 e. The van der Waals surface area contributed by atoms with Crippen LogP contribution in [0.2, 0.25) is 0 Å². The highest BCUT2D eigenvalue weighted by Gasteiger charge is 2.25. The van der Waals surface area contributed by atoms with Crippen molar-refractivity contribution in [2.45, 2.75) is 12.5 Å². The number of carbonyl (C=O) groups is 6. The van der Waals surface area contributed by atoms with Crippen molar-refractivity contribution < 1.29 is 33.9 Å². The minimum Gasteiger partial charge on any atom is -0.481 e. The highest BCUT2D eigenvalue weighted by Crippen LogP contribution is 2.20. The monoisotopic (exact) mass is 537 g/mol. The van der Waals surface area contributed by atoms with E-state index in [4.69, 9.17) is 5.73 Å². The third-order valence-corrected chi connectivity index (χ3v) is 5.33. The van der Waals surface area contributed by atoms with Crippen LogP contribution in [0, 0.1) is 0 Å². The van der Waals surface area contributed by atoms with E-state index in [0.29, 0.717) is 22.6 Å². The van der Waals surface area contributed by atoms with Crippen LogP contribution >= 0.6 is 0 Å². The lowest BCUT2D eigenvalue weighted by molar-refractivity contribution is -0.141. The molecule has 1 unspecified atom stereocenters. The first kappa shape index (κ1) is 28.2. The SMILES string of the molecule is Nc1cccc(C(CC(=O)O)NC(=O)Nc2ccc(NC(=O)NCCNC(=O)CN3C(=O)C=CC3=O)cc2)c1. The van der Waals surface area contributed by atoms with Crippen molar-refractivity contribution in [1.82, 2.24) is 20.9 Å². The normalized spacial score (nSPS) is 13.0. The summed E-state index contributed by atoms with van der Waals surface area (Å²) in [5, 5.41) is 22.0. The number of nitrogen functional groups attached to an aromatic ring is 1. The predicted octanol–water partition coefficient (Wildman–Crippen LogP) is 0.769. The number of urea groups is 2. The molecule has 0 saturated carbocycles. The second-order valence-corrected chi connectivity index (χ2v) is 8.32. The zero-order valence-corrected chi connectivity index (χ0v) is 20.6. The molecule has 1 aliphatic heterocycles. The van der Waals surface area contributed by atoms with Crippen LogP contribution in [0.15, 0.2) is 60.7 Å². The van der Waals surface area contributed by atoms with Gasteiger partial charge in [0, 0.05) is 42.3 Å². The molecule has 1 aliphatic rings. The van der Waals surface area contributed by atoms with Gasteiger partial charge in [0.25, 0.3) is 11.8 Å². The Bertz CT molecular complexity index is 1280. The lowest BCUT2D eigenvalue weighted by atomic mass is 10.0. The number of hydrogen-bond acceptors (Lipinski definition) is 7. The van der Waals surface area contributed by atoms with E-state index in [9.17, 15) is 33.9 Å². The van der Waals surface area contributed by atoms with E-state index in [1.54, 1.807) is 36.4 Å². The Balaban J connectivity index is 1.40. The van der Waals surface area contributed by atoms with Crippen molar-refractivity contribution in [3.05, 3.63) is 66.2 Å². The first-order chi connectivity index (χ1) is 18.6. The zero-order chi connectivity index (χ0) is 28.4. The first-order valence-electron chi connectivity index (χ1n) is 11.7. The molecule has 0 bridgehead atoms. The van der Waals surface area contributed by atoms with Gasteiger partial charge in [-0.05, 0) is 42.0 Å². The summed E-state index contributed by atoms with van der Waals surface area (Å²) in [4.78, 5) is 71.3. The second-order valence-electron chi connectivity index (χ2n) is 8.32. The molecule has 0 spiro atoms. The summed E-state index contributed by atoms with van der Waals surface area (Å²) in [5.41, 5.74) is 7.56. The van der Waals surface area contributed by atoms with Gasteiger partial charge in [0.1, 0.15) is 6.54 Å². The van der Waals surface area contributed by atoms with Crippen LogP contribution in [0.4, 0.5) is 26.7 Å². The van der Waals surface area contributed by atoms with Crippen LogP contribution < -0.4 is 32.3 Å². The number of aliphatic carboxylic acids is 1. The third kappa shape index (κ3) is 8.89. The van der Waals surface area contributed by atoms with E-state index < -0.39 is 48.3 Å². The van der Waals surface area contributed by atoms with Crippen molar-refractivity contribution in [3.8, 4) is 0 Å². The van der Waals surface area contributed by atoms with Gasteiger partial charge < -0.3 is 37.4 Å². The summed E-state index contributed by atoms with van der Waals surface area (Å²) in [6, 6.07) is 10.8. The van der Waals surface area contributed by atoms with Crippen LogP contribution in [0.25, 0.3) is 0 Å². The van der Waals surface area contributed by atoms with Crippen molar-refractivity contribution >= 4 is 52.8 Å². The number of benzene rings is 2. The van der Waals surface area contributed by atoms with Gasteiger partial charge in [0.05, 0.1) is 12.5 Å². The Morgan fingerprint density at radius 3 is 2.03 bits per heavy atom. The van der Waals surface area contributed by atoms with E-state index >= 15 is 0 Å². The van der Waals surface area contributed by atoms with E-state index in [-0.39, 0.29) is 19.5 Å². The third-order valence-electron chi connectivity index (χ3n) is 5.33. The fourth-order valence-electron chi connectivity index (χ4n) is 3.50. The molecule has 2 aromatic carbocycles. The lowest BCUT2D eigenvalue weighted by Crippen LogP contribution is -2.43. The number of carboxylic acids is 1. The molecule has 0 fully saturated rings. The van der Waals surface area contributed by atoms with E-state index in [1.165, 1.54) is 12.1 Å². The number of carboxylic acid groups (broad SMARTS) is 1. The molecule has 8 N–H and O–H groups in total. The minimum absolute atomic E-state index is 0.0757. The number of nitrogens with two attached hydrogens (primary N) is 1. The van der Waals surface area contributed by atoms with Crippen LogP contribution in [-0.2, 0) is 19.2 Å². The average Bonchev–Trinajstić information content (AvgIpc) is 3.19. The molecule has 1 atom stereocenters. The van der Waals surface area contributed by atoms with Gasteiger partial charge in [0.2, 0.25) is 5.91 Å². The maximum atomic E-state index is 12.5. The fourth-order valence-corrected chi connectivity index (χ4v) is 3.50. The molecule has 0 radical (unpaired) electrons. The van der Waals surface area contributed by atoms with Gasteiger partial charge in [-0.3, -0.25) is 24.1 Å². The van der Waals surface area contributed by atoms with E-state index in [0.717, 1.165) is 17.1 Å². The molecule has 3 rings (SSSR count). The molecule has 0 aliphatic carbocycles. The number of carbonyl (C=O) groups excluding carboxylic acids is 5. The number of rotatable bonds is 11. The molecule has 2 aromatic rings. The van der Waals surface area contributed by atoms with Crippen molar-refractivity contribution in [2.24, 2.45) is 0 Å². The Hall–Kier alpha value is -5.40. The molecule has 204 valence electrons. The van der Waals surface area contributed by atoms with Crippen LogP contribution in [0.1, 0.15) is 18.0 Å². The Kier molecular flexibility index (Phi) is 9.56. The summed E-state index contributed by atoms with van der Waals surface area (Å²) >= 11 is 0. The van der Waals surface area contributed by atoms with E-state index in [2.05, 4.69) is 26.6 Å². The summed E-state index contributed by atoms with van der Waals surface area (Å²) in [5.74, 6) is -2.76.